The summed E-state index contributed by atoms with van der Waals surface area (Å²) in [7, 11) is 1.41. The highest BCUT2D eigenvalue weighted by Gasteiger charge is 2.23. The lowest BCUT2D eigenvalue weighted by Crippen LogP contribution is -2.39. The second kappa shape index (κ2) is 18.1. The molecule has 1 aromatic carbocycles. The first kappa shape index (κ1) is 34.7. The molecule has 0 aliphatic heterocycles. The number of carbonyl (C=O) groups is 1. The van der Waals surface area contributed by atoms with Crippen molar-refractivity contribution in [3.8, 4) is 11.9 Å². The van der Waals surface area contributed by atoms with Crippen LogP contribution in [0.3, 0.4) is 0 Å². The van der Waals surface area contributed by atoms with Crippen molar-refractivity contribution in [2.45, 2.75) is 105 Å². The molecule has 8 nitrogen and oxygen atoms in total. The van der Waals surface area contributed by atoms with E-state index in [2.05, 4.69) is 42.8 Å². The summed E-state index contributed by atoms with van der Waals surface area (Å²) in [6, 6.07) is 9.04. The van der Waals surface area contributed by atoms with Crippen LogP contribution < -0.4 is 5.56 Å². The summed E-state index contributed by atoms with van der Waals surface area (Å²) in [5.41, 5.74) is 1.12. The molecule has 0 bridgehead atoms. The van der Waals surface area contributed by atoms with Crippen LogP contribution in [0.2, 0.25) is 0 Å². The Balaban J connectivity index is 2.36. The summed E-state index contributed by atoms with van der Waals surface area (Å²) in [4.78, 5) is 28.8. The molecule has 0 spiro atoms. The van der Waals surface area contributed by atoms with Gasteiger partial charge in [-0.1, -0.05) is 79.6 Å². The number of hydrogen-bond acceptors (Lipinski definition) is 6. The summed E-state index contributed by atoms with van der Waals surface area (Å²) in [6.07, 6.45) is 11.1. The zero-order chi connectivity index (χ0) is 31.1. The van der Waals surface area contributed by atoms with Crippen molar-refractivity contribution in [1.29, 1.82) is 5.26 Å². The van der Waals surface area contributed by atoms with Gasteiger partial charge in [0.2, 0.25) is 5.88 Å². The van der Waals surface area contributed by atoms with Crippen molar-refractivity contribution in [3.63, 3.8) is 0 Å². The third-order valence-electron chi connectivity index (χ3n) is 8.24. The quantitative estimate of drug-likeness (QED) is 0.179. The average Bonchev–Trinajstić information content (AvgIpc) is 3.01. The Kier molecular flexibility index (Phi) is 15.0. The minimum absolute atomic E-state index is 0.0382. The lowest BCUT2D eigenvalue weighted by Gasteiger charge is -2.31. The van der Waals surface area contributed by atoms with Gasteiger partial charge in [0.15, 0.2) is 5.69 Å². The highest BCUT2D eigenvalue weighted by Crippen LogP contribution is 2.29. The number of unbranched alkanes of at least 4 members (excludes halogenated alkanes) is 3. The second-order valence-electron chi connectivity index (χ2n) is 11.4. The second-order valence-corrected chi connectivity index (χ2v) is 11.4. The Bertz CT molecular complexity index is 1240. The molecule has 42 heavy (non-hydrogen) atoms. The Hall–Kier alpha value is -3.47. The lowest BCUT2D eigenvalue weighted by atomic mass is 9.95. The molecule has 2 aromatic rings. The van der Waals surface area contributed by atoms with Gasteiger partial charge < -0.3 is 10.0 Å². The number of aromatic nitrogens is 1. The fraction of sp³-hybridized carbons (Fsp3) is 0.618. The number of nitrogens with zero attached hydrogens (tertiary/aromatic N) is 5. The van der Waals surface area contributed by atoms with Gasteiger partial charge in [-0.3, -0.25) is 14.2 Å². The van der Waals surface area contributed by atoms with Gasteiger partial charge in [0.1, 0.15) is 11.6 Å². The van der Waals surface area contributed by atoms with Crippen LogP contribution in [0, 0.1) is 23.2 Å². The molecule has 1 aromatic heterocycles. The van der Waals surface area contributed by atoms with E-state index in [-0.39, 0.29) is 23.0 Å². The zero-order valence-corrected chi connectivity index (χ0v) is 26.7. The number of pyridine rings is 1. The molecule has 0 fully saturated rings. The van der Waals surface area contributed by atoms with E-state index in [4.69, 9.17) is 0 Å². The van der Waals surface area contributed by atoms with Gasteiger partial charge in [0, 0.05) is 31.3 Å². The molecule has 0 aliphatic carbocycles. The number of azo groups is 1. The fourth-order valence-corrected chi connectivity index (χ4v) is 5.28. The molecule has 0 saturated heterocycles. The Morgan fingerprint density at radius 2 is 1.48 bits per heavy atom. The molecule has 0 aliphatic rings. The molecule has 1 amide bonds. The van der Waals surface area contributed by atoms with Crippen LogP contribution in [-0.4, -0.2) is 33.6 Å². The maximum Gasteiger partial charge on any atom is 0.281 e. The monoisotopic (exact) mass is 577 g/mol. The standard InChI is InChI=1S/C34H51N5O3/c1-7-12-15-25(10-4)23-39(24-26(11-5)16-13-8-2)32(40)27-18-20-28(21-19-27)36-37-31-29(17-14-9-3)30(22-35)33(41)38(6)34(31)42/h18-21,25-26,41H,7-17,23-24H2,1-6H3. The molecule has 2 rings (SSSR count). The van der Waals surface area contributed by atoms with Gasteiger partial charge in [-0.25, -0.2) is 0 Å². The summed E-state index contributed by atoms with van der Waals surface area (Å²) < 4.78 is 1.02. The molecule has 1 N–H and O–H groups in total. The Morgan fingerprint density at radius 1 is 0.929 bits per heavy atom. The molecule has 0 saturated carbocycles. The Labute approximate surface area is 252 Å². The van der Waals surface area contributed by atoms with E-state index >= 15 is 0 Å². The molecular formula is C34H51N5O3. The van der Waals surface area contributed by atoms with Crippen LogP contribution in [0.1, 0.15) is 120 Å². The normalized spacial score (nSPS) is 12.8. The predicted molar refractivity (Wildman–Crippen MR) is 170 cm³/mol. The molecule has 1 heterocycles. The highest BCUT2D eigenvalue weighted by atomic mass is 16.3. The highest BCUT2D eigenvalue weighted by molar-refractivity contribution is 5.94. The van der Waals surface area contributed by atoms with E-state index in [1.54, 1.807) is 24.3 Å². The lowest BCUT2D eigenvalue weighted by molar-refractivity contribution is 0.0685. The van der Waals surface area contributed by atoms with Crippen LogP contribution in [0.4, 0.5) is 11.4 Å². The van der Waals surface area contributed by atoms with Crippen molar-refractivity contribution in [2.75, 3.05) is 13.1 Å². The average molecular weight is 578 g/mol. The van der Waals surface area contributed by atoms with Gasteiger partial charge in [0.05, 0.1) is 5.69 Å². The fourth-order valence-electron chi connectivity index (χ4n) is 5.28. The molecule has 8 heteroatoms. The van der Waals surface area contributed by atoms with Crippen LogP contribution >= 0.6 is 0 Å². The van der Waals surface area contributed by atoms with Gasteiger partial charge in [-0.05, 0) is 61.8 Å². The maximum absolute atomic E-state index is 13.8. The van der Waals surface area contributed by atoms with Crippen molar-refractivity contribution in [3.05, 3.63) is 51.3 Å². The summed E-state index contributed by atoms with van der Waals surface area (Å²) in [5.74, 6) is 0.647. The minimum atomic E-state index is -0.508. The van der Waals surface area contributed by atoms with Crippen LogP contribution in [-0.2, 0) is 13.5 Å². The van der Waals surface area contributed by atoms with Gasteiger partial charge >= 0.3 is 0 Å². The Morgan fingerprint density at radius 3 is 1.95 bits per heavy atom. The number of benzene rings is 1. The first-order valence-electron chi connectivity index (χ1n) is 15.9. The molecule has 2 unspecified atom stereocenters. The van der Waals surface area contributed by atoms with Crippen molar-refractivity contribution in [2.24, 2.45) is 29.1 Å². The molecule has 0 radical (unpaired) electrons. The number of amides is 1. The van der Waals surface area contributed by atoms with E-state index in [1.807, 2.05) is 13.0 Å². The number of nitriles is 1. The number of hydrogen-bond donors (Lipinski definition) is 1. The predicted octanol–water partition coefficient (Wildman–Crippen LogP) is 8.60. The topological polar surface area (TPSA) is 111 Å². The smallest absolute Gasteiger partial charge is 0.281 e. The summed E-state index contributed by atoms with van der Waals surface area (Å²) in [6.45, 7) is 12.4. The van der Waals surface area contributed by atoms with E-state index in [0.717, 1.165) is 69.0 Å². The third-order valence-corrected chi connectivity index (χ3v) is 8.24. The van der Waals surface area contributed by atoms with E-state index in [1.165, 1.54) is 19.9 Å². The van der Waals surface area contributed by atoms with E-state index in [9.17, 15) is 20.0 Å². The largest absolute Gasteiger partial charge is 0.493 e. The first-order valence-corrected chi connectivity index (χ1v) is 15.9. The number of aromatic hydroxyl groups is 1. The third kappa shape index (κ3) is 9.54. The first-order chi connectivity index (χ1) is 20.3. The number of rotatable bonds is 18. The van der Waals surface area contributed by atoms with Gasteiger partial charge in [0.25, 0.3) is 11.5 Å². The summed E-state index contributed by atoms with van der Waals surface area (Å²) >= 11 is 0. The van der Waals surface area contributed by atoms with Gasteiger partial charge in [-0.15, -0.1) is 5.11 Å². The molecule has 230 valence electrons. The number of carbonyl (C=O) groups excluding carboxylic acids is 1. The van der Waals surface area contributed by atoms with Crippen LogP contribution in [0.25, 0.3) is 0 Å². The maximum atomic E-state index is 13.8. The van der Waals surface area contributed by atoms with E-state index in [0.29, 0.717) is 35.1 Å². The van der Waals surface area contributed by atoms with Gasteiger partial charge in [-0.2, -0.15) is 10.4 Å². The van der Waals surface area contributed by atoms with Crippen LogP contribution in [0.5, 0.6) is 5.88 Å². The molecular weight excluding hydrogens is 526 g/mol. The van der Waals surface area contributed by atoms with Crippen molar-refractivity contribution >= 4 is 17.3 Å². The minimum Gasteiger partial charge on any atom is -0.493 e. The zero-order valence-electron chi connectivity index (χ0n) is 26.7. The van der Waals surface area contributed by atoms with E-state index < -0.39 is 5.56 Å². The summed E-state index contributed by atoms with van der Waals surface area (Å²) in [5, 5.41) is 28.5. The van der Waals surface area contributed by atoms with Crippen LogP contribution in [0.15, 0.2) is 39.3 Å². The molecule has 2 atom stereocenters. The van der Waals surface area contributed by atoms with Crippen molar-refractivity contribution in [1.82, 2.24) is 9.47 Å². The van der Waals surface area contributed by atoms with Crippen molar-refractivity contribution < 1.29 is 9.90 Å². The SMILES string of the molecule is CCCCc1c(C#N)c(O)n(C)c(=O)c1N=Nc1ccc(C(=O)N(CC(CC)CCCC)CC(CC)CCCC)cc1.